The van der Waals surface area contributed by atoms with Crippen molar-refractivity contribution in [3.63, 3.8) is 0 Å². The lowest BCUT2D eigenvalue weighted by atomic mass is 10.1. The van der Waals surface area contributed by atoms with E-state index in [0.717, 1.165) is 24.4 Å². The number of benzene rings is 1. The van der Waals surface area contributed by atoms with Gasteiger partial charge in [-0.1, -0.05) is 11.6 Å². The van der Waals surface area contributed by atoms with Crippen molar-refractivity contribution >= 4 is 23.2 Å². The summed E-state index contributed by atoms with van der Waals surface area (Å²) in [6.07, 6.45) is 2.28. The highest BCUT2D eigenvalue weighted by Gasteiger charge is 2.28. The number of rotatable bonds is 2. The minimum Gasteiger partial charge on any atom is -0.482 e. The molecule has 1 amide bonds. The molecule has 1 saturated heterocycles. The Labute approximate surface area is 111 Å². The molecule has 1 fully saturated rings. The number of hydrogen-bond acceptors (Lipinski definition) is 3. The van der Waals surface area contributed by atoms with Crippen molar-refractivity contribution in [2.45, 2.75) is 18.9 Å². The lowest BCUT2D eigenvalue weighted by Crippen LogP contribution is -2.45. The van der Waals surface area contributed by atoms with Gasteiger partial charge < -0.3 is 15.0 Å². The molecule has 1 atom stereocenters. The zero-order valence-corrected chi connectivity index (χ0v) is 10.7. The molecule has 0 bridgehead atoms. The molecule has 0 saturated carbocycles. The lowest BCUT2D eigenvalue weighted by molar-refractivity contribution is -0.121. The van der Waals surface area contributed by atoms with E-state index >= 15 is 0 Å². The predicted molar refractivity (Wildman–Crippen MR) is 70.3 cm³/mol. The fourth-order valence-corrected chi connectivity index (χ4v) is 2.67. The normalized spacial score (nSPS) is 22.8. The van der Waals surface area contributed by atoms with Gasteiger partial charge in [0.15, 0.2) is 6.61 Å². The summed E-state index contributed by atoms with van der Waals surface area (Å²) < 4.78 is 5.42. The summed E-state index contributed by atoms with van der Waals surface area (Å²) in [4.78, 5) is 13.8. The Morgan fingerprint density at radius 2 is 2.39 bits per heavy atom. The van der Waals surface area contributed by atoms with Crippen LogP contribution in [0.5, 0.6) is 5.75 Å². The van der Waals surface area contributed by atoms with Crippen LogP contribution in [0, 0.1) is 0 Å². The number of amides is 1. The third-order valence-corrected chi connectivity index (χ3v) is 3.66. The SMILES string of the molecule is O=C1COc2ccc(Cl)cc2N1C[C@H]1CCCN1. The van der Waals surface area contributed by atoms with Gasteiger partial charge in [-0.15, -0.1) is 0 Å². The molecular formula is C13H15ClN2O2. The van der Waals surface area contributed by atoms with E-state index in [0.29, 0.717) is 17.6 Å². The average molecular weight is 267 g/mol. The van der Waals surface area contributed by atoms with Gasteiger partial charge in [-0.25, -0.2) is 0 Å². The van der Waals surface area contributed by atoms with E-state index in [1.54, 1.807) is 17.0 Å². The number of carbonyl (C=O) groups is 1. The van der Waals surface area contributed by atoms with E-state index in [2.05, 4.69) is 5.32 Å². The lowest BCUT2D eigenvalue weighted by Gasteiger charge is -2.31. The van der Waals surface area contributed by atoms with Crippen LogP contribution in [-0.4, -0.2) is 31.6 Å². The van der Waals surface area contributed by atoms with Crippen LogP contribution in [0.1, 0.15) is 12.8 Å². The van der Waals surface area contributed by atoms with E-state index in [-0.39, 0.29) is 12.5 Å². The molecule has 0 radical (unpaired) electrons. The van der Waals surface area contributed by atoms with Gasteiger partial charge in [-0.05, 0) is 37.6 Å². The maximum atomic E-state index is 12.0. The highest BCUT2D eigenvalue weighted by atomic mass is 35.5. The van der Waals surface area contributed by atoms with Crippen LogP contribution in [0.25, 0.3) is 0 Å². The van der Waals surface area contributed by atoms with Gasteiger partial charge in [-0.2, -0.15) is 0 Å². The smallest absolute Gasteiger partial charge is 0.265 e. The number of hydrogen-bond donors (Lipinski definition) is 1. The monoisotopic (exact) mass is 266 g/mol. The molecule has 0 aromatic heterocycles. The highest BCUT2D eigenvalue weighted by molar-refractivity contribution is 6.31. The van der Waals surface area contributed by atoms with Crippen molar-refractivity contribution in [1.29, 1.82) is 0 Å². The second-order valence-electron chi connectivity index (χ2n) is 4.70. The number of carbonyl (C=O) groups excluding carboxylic acids is 1. The molecule has 0 aliphatic carbocycles. The van der Waals surface area contributed by atoms with Crippen LogP contribution < -0.4 is 15.0 Å². The van der Waals surface area contributed by atoms with Crippen molar-refractivity contribution in [3.8, 4) is 5.75 Å². The molecule has 0 spiro atoms. The number of halogens is 1. The zero-order valence-electron chi connectivity index (χ0n) is 9.99. The van der Waals surface area contributed by atoms with E-state index < -0.39 is 0 Å². The molecule has 1 aromatic carbocycles. The van der Waals surface area contributed by atoms with Crippen LogP contribution in [-0.2, 0) is 4.79 Å². The minimum atomic E-state index is -0.00142. The molecule has 1 N–H and O–H groups in total. The van der Waals surface area contributed by atoms with Crippen LogP contribution in [0.2, 0.25) is 5.02 Å². The Hall–Kier alpha value is -1.26. The van der Waals surface area contributed by atoms with Crippen molar-refractivity contribution in [2.75, 3.05) is 24.6 Å². The first-order chi connectivity index (χ1) is 8.74. The van der Waals surface area contributed by atoms with Crippen LogP contribution in [0.15, 0.2) is 18.2 Å². The zero-order chi connectivity index (χ0) is 12.5. The first kappa shape index (κ1) is 11.8. The summed E-state index contributed by atoms with van der Waals surface area (Å²) in [5.74, 6) is 0.732. The molecular weight excluding hydrogens is 252 g/mol. The third kappa shape index (κ3) is 2.18. The first-order valence-corrected chi connectivity index (χ1v) is 6.58. The van der Waals surface area contributed by atoms with Crippen molar-refractivity contribution in [1.82, 2.24) is 5.32 Å². The standard InChI is InChI=1S/C13H15ClN2O2/c14-9-3-4-12-11(6-9)16(13(17)8-18-12)7-10-2-1-5-15-10/h3-4,6,10,15H,1-2,5,7-8H2/t10-/m1/s1. The second kappa shape index (κ2) is 4.78. The first-order valence-electron chi connectivity index (χ1n) is 6.20. The maximum Gasteiger partial charge on any atom is 0.265 e. The van der Waals surface area contributed by atoms with Gasteiger partial charge in [0, 0.05) is 17.6 Å². The molecule has 2 heterocycles. The Morgan fingerprint density at radius 1 is 1.50 bits per heavy atom. The van der Waals surface area contributed by atoms with Crippen molar-refractivity contribution in [3.05, 3.63) is 23.2 Å². The topological polar surface area (TPSA) is 41.6 Å². The number of anilines is 1. The molecule has 0 unspecified atom stereocenters. The molecule has 2 aliphatic rings. The quantitative estimate of drug-likeness (QED) is 0.888. The van der Waals surface area contributed by atoms with Gasteiger partial charge in [0.1, 0.15) is 5.75 Å². The van der Waals surface area contributed by atoms with E-state index in [9.17, 15) is 4.79 Å². The Balaban J connectivity index is 1.88. The van der Waals surface area contributed by atoms with Crippen LogP contribution in [0.3, 0.4) is 0 Å². The van der Waals surface area contributed by atoms with Crippen LogP contribution >= 0.6 is 11.6 Å². The molecule has 96 valence electrons. The summed E-state index contributed by atoms with van der Waals surface area (Å²) in [5.41, 5.74) is 0.785. The van der Waals surface area contributed by atoms with Gasteiger partial charge in [-0.3, -0.25) is 4.79 Å². The van der Waals surface area contributed by atoms with Crippen LogP contribution in [0.4, 0.5) is 5.69 Å². The fraction of sp³-hybridized carbons (Fsp3) is 0.462. The number of nitrogens with one attached hydrogen (secondary N) is 1. The van der Waals surface area contributed by atoms with E-state index in [4.69, 9.17) is 16.3 Å². The largest absolute Gasteiger partial charge is 0.482 e. The number of ether oxygens (including phenoxy) is 1. The number of fused-ring (bicyclic) bond motifs is 1. The molecule has 18 heavy (non-hydrogen) atoms. The number of nitrogens with zero attached hydrogens (tertiary/aromatic N) is 1. The molecule has 2 aliphatic heterocycles. The second-order valence-corrected chi connectivity index (χ2v) is 5.13. The third-order valence-electron chi connectivity index (χ3n) is 3.43. The van der Waals surface area contributed by atoms with Crippen molar-refractivity contribution in [2.24, 2.45) is 0 Å². The van der Waals surface area contributed by atoms with E-state index in [1.165, 1.54) is 6.42 Å². The van der Waals surface area contributed by atoms with Crippen molar-refractivity contribution < 1.29 is 9.53 Å². The highest BCUT2D eigenvalue weighted by Crippen LogP contribution is 2.34. The summed E-state index contributed by atoms with van der Waals surface area (Å²) in [6, 6.07) is 5.77. The Morgan fingerprint density at radius 3 is 3.17 bits per heavy atom. The summed E-state index contributed by atoms with van der Waals surface area (Å²) in [6.45, 7) is 1.84. The minimum absolute atomic E-state index is 0.00142. The summed E-state index contributed by atoms with van der Waals surface area (Å²) in [5, 5.41) is 4.02. The molecule has 1 aromatic rings. The Bertz CT molecular complexity index is 472. The van der Waals surface area contributed by atoms with Gasteiger partial charge in [0.25, 0.3) is 5.91 Å². The fourth-order valence-electron chi connectivity index (χ4n) is 2.51. The average Bonchev–Trinajstić information content (AvgIpc) is 2.86. The summed E-state index contributed by atoms with van der Waals surface area (Å²) >= 11 is 6.00. The molecule has 4 nitrogen and oxygen atoms in total. The molecule has 3 rings (SSSR count). The van der Waals surface area contributed by atoms with E-state index in [1.807, 2.05) is 6.07 Å². The summed E-state index contributed by atoms with van der Waals surface area (Å²) in [7, 11) is 0. The van der Waals surface area contributed by atoms with Gasteiger partial charge >= 0.3 is 0 Å². The molecule has 5 heteroatoms. The predicted octanol–water partition coefficient (Wildman–Crippen LogP) is 1.82. The van der Waals surface area contributed by atoms with Gasteiger partial charge in [0.2, 0.25) is 0 Å². The van der Waals surface area contributed by atoms with Gasteiger partial charge in [0.05, 0.1) is 5.69 Å². The maximum absolute atomic E-state index is 12.0. The Kier molecular flexibility index (Phi) is 3.14.